The third-order valence-electron chi connectivity index (χ3n) is 3.67. The number of ether oxygens (including phenoxy) is 1. The van der Waals surface area contributed by atoms with E-state index >= 15 is 0 Å². The predicted octanol–water partition coefficient (Wildman–Crippen LogP) is 4.15. The number of aryl methyl sites for hydroxylation is 1. The Balaban J connectivity index is 2.57. The highest BCUT2D eigenvalue weighted by atomic mass is 35.5. The van der Waals surface area contributed by atoms with Gasteiger partial charge in [0.05, 0.1) is 12.1 Å². The Kier molecular flexibility index (Phi) is 5.03. The average Bonchev–Trinajstić information content (AvgIpc) is 2.50. The van der Waals surface area contributed by atoms with Crippen molar-refractivity contribution in [3.05, 3.63) is 45.7 Å². The van der Waals surface area contributed by atoms with Crippen molar-refractivity contribution in [1.29, 1.82) is 0 Å². The van der Waals surface area contributed by atoms with Crippen molar-refractivity contribution in [3.8, 4) is 5.75 Å². The highest BCUT2D eigenvalue weighted by molar-refractivity contribution is 6.34. The van der Waals surface area contributed by atoms with Crippen molar-refractivity contribution in [3.63, 3.8) is 0 Å². The number of methoxy groups -OCH3 is 1. The Morgan fingerprint density at radius 1 is 1.36 bits per heavy atom. The van der Waals surface area contributed by atoms with Crippen molar-refractivity contribution in [2.45, 2.75) is 27.2 Å². The number of anilines is 1. The van der Waals surface area contributed by atoms with Gasteiger partial charge < -0.3 is 10.5 Å². The monoisotopic (exact) mass is 317 g/mol. The van der Waals surface area contributed by atoms with Crippen LogP contribution in [0.5, 0.6) is 5.75 Å². The van der Waals surface area contributed by atoms with Crippen LogP contribution in [0.1, 0.15) is 36.1 Å². The summed E-state index contributed by atoms with van der Waals surface area (Å²) in [5.74, 6) is 0.957. The van der Waals surface area contributed by atoms with Gasteiger partial charge in [-0.2, -0.15) is 0 Å². The van der Waals surface area contributed by atoms with E-state index < -0.39 is 0 Å². The third kappa shape index (κ3) is 3.22. The van der Waals surface area contributed by atoms with Crippen LogP contribution in [0.2, 0.25) is 5.02 Å². The number of nitrogens with zero attached hydrogens (tertiary/aromatic N) is 2. The minimum atomic E-state index is 0.263. The van der Waals surface area contributed by atoms with Gasteiger partial charge in [0, 0.05) is 23.5 Å². The van der Waals surface area contributed by atoms with E-state index in [0.29, 0.717) is 10.8 Å². The molecule has 2 N–H and O–H groups in total. The normalized spacial score (nSPS) is 11.6. The van der Waals surface area contributed by atoms with Crippen molar-refractivity contribution < 1.29 is 4.74 Å². The van der Waals surface area contributed by atoms with Crippen LogP contribution in [0.25, 0.3) is 11.6 Å². The molecule has 116 valence electrons. The van der Waals surface area contributed by atoms with E-state index in [9.17, 15) is 0 Å². The molecule has 5 heteroatoms. The topological polar surface area (TPSA) is 61.0 Å². The van der Waals surface area contributed by atoms with Gasteiger partial charge >= 0.3 is 0 Å². The highest BCUT2D eigenvalue weighted by Crippen LogP contribution is 2.37. The van der Waals surface area contributed by atoms with Crippen LogP contribution in [-0.4, -0.2) is 17.1 Å². The molecule has 4 nitrogen and oxygen atoms in total. The lowest BCUT2D eigenvalue weighted by atomic mass is 9.94. The zero-order valence-corrected chi connectivity index (χ0v) is 14.0. The quantitative estimate of drug-likeness (QED) is 0.920. The fourth-order valence-electron chi connectivity index (χ4n) is 2.51. The molecular formula is C17H20ClN3O. The van der Waals surface area contributed by atoms with E-state index in [-0.39, 0.29) is 5.95 Å². The number of halogens is 1. The molecule has 1 aromatic heterocycles. The number of nitrogen functional groups attached to an aromatic ring is 1. The van der Waals surface area contributed by atoms with E-state index in [1.54, 1.807) is 19.5 Å². The zero-order chi connectivity index (χ0) is 16.3. The molecular weight excluding hydrogens is 298 g/mol. The summed E-state index contributed by atoms with van der Waals surface area (Å²) in [6.07, 6.45) is 6.29. The Morgan fingerprint density at radius 2 is 2.00 bits per heavy atom. The second-order valence-electron chi connectivity index (χ2n) is 5.11. The largest absolute Gasteiger partial charge is 0.495 e. The fraction of sp³-hybridized carbons (Fsp3) is 0.294. The molecule has 0 unspecified atom stereocenters. The summed E-state index contributed by atoms with van der Waals surface area (Å²) < 4.78 is 5.40. The van der Waals surface area contributed by atoms with Crippen LogP contribution in [0.15, 0.2) is 18.5 Å². The average molecular weight is 318 g/mol. The summed E-state index contributed by atoms with van der Waals surface area (Å²) in [5, 5.41) is 0.627. The maximum atomic E-state index is 6.51. The van der Waals surface area contributed by atoms with Crippen LogP contribution in [0.4, 0.5) is 5.95 Å². The van der Waals surface area contributed by atoms with Gasteiger partial charge in [-0.05, 0) is 49.1 Å². The third-order valence-corrected chi connectivity index (χ3v) is 4.04. The van der Waals surface area contributed by atoms with Crippen LogP contribution < -0.4 is 10.5 Å². The minimum absolute atomic E-state index is 0.263. The van der Waals surface area contributed by atoms with E-state index in [0.717, 1.165) is 23.1 Å². The highest BCUT2D eigenvalue weighted by Gasteiger charge is 2.15. The first-order chi connectivity index (χ1) is 10.5. The van der Waals surface area contributed by atoms with Gasteiger partial charge in [0.2, 0.25) is 5.95 Å². The first kappa shape index (κ1) is 16.3. The molecule has 0 saturated carbocycles. The van der Waals surface area contributed by atoms with Gasteiger partial charge in [0.25, 0.3) is 0 Å². The standard InChI is InChI=1S/C17H20ClN3O/c1-5-13-7-14(22-4)16(18)15(11(13)3)10(2)6-12-8-20-17(19)21-9-12/h6-9H,5H2,1-4H3,(H2,19,20,21)/b10-6+. The second-order valence-corrected chi connectivity index (χ2v) is 5.49. The summed E-state index contributed by atoms with van der Waals surface area (Å²) in [6.45, 7) is 6.21. The van der Waals surface area contributed by atoms with Gasteiger partial charge in [-0.15, -0.1) is 0 Å². The minimum Gasteiger partial charge on any atom is -0.495 e. The van der Waals surface area contributed by atoms with Gasteiger partial charge in [-0.3, -0.25) is 0 Å². The molecule has 0 saturated heterocycles. The van der Waals surface area contributed by atoms with Crippen LogP contribution >= 0.6 is 11.6 Å². The van der Waals surface area contributed by atoms with Crippen molar-refractivity contribution >= 4 is 29.2 Å². The lowest BCUT2D eigenvalue weighted by Gasteiger charge is -2.16. The maximum absolute atomic E-state index is 6.51. The number of hydrogen-bond acceptors (Lipinski definition) is 4. The molecule has 0 fully saturated rings. The molecule has 1 aromatic carbocycles. The van der Waals surface area contributed by atoms with Crippen molar-refractivity contribution in [1.82, 2.24) is 9.97 Å². The summed E-state index contributed by atoms with van der Waals surface area (Å²) >= 11 is 6.51. The molecule has 2 aromatic rings. The lowest BCUT2D eigenvalue weighted by Crippen LogP contribution is -1.98. The number of benzene rings is 1. The van der Waals surface area contributed by atoms with Gasteiger partial charge in [0.1, 0.15) is 5.75 Å². The second kappa shape index (κ2) is 6.79. The van der Waals surface area contributed by atoms with E-state index in [1.165, 1.54) is 11.1 Å². The van der Waals surface area contributed by atoms with Crippen LogP contribution in [-0.2, 0) is 6.42 Å². The Hall–Kier alpha value is -2.07. The summed E-state index contributed by atoms with van der Waals surface area (Å²) in [5.41, 5.74) is 10.8. The first-order valence-corrected chi connectivity index (χ1v) is 7.47. The van der Waals surface area contributed by atoms with Gasteiger partial charge in [-0.1, -0.05) is 18.5 Å². The summed E-state index contributed by atoms with van der Waals surface area (Å²) in [4.78, 5) is 8.01. The molecule has 0 radical (unpaired) electrons. The van der Waals surface area contributed by atoms with Crippen LogP contribution in [0, 0.1) is 6.92 Å². The first-order valence-electron chi connectivity index (χ1n) is 7.10. The molecule has 0 aliphatic carbocycles. The molecule has 0 bridgehead atoms. The van der Waals surface area contributed by atoms with E-state index in [2.05, 4.69) is 23.8 Å². The Bertz CT molecular complexity index is 681. The van der Waals surface area contributed by atoms with Crippen molar-refractivity contribution in [2.24, 2.45) is 0 Å². The summed E-state index contributed by atoms with van der Waals surface area (Å²) in [6, 6.07) is 2.00. The summed E-state index contributed by atoms with van der Waals surface area (Å²) in [7, 11) is 1.63. The van der Waals surface area contributed by atoms with Crippen molar-refractivity contribution in [2.75, 3.05) is 12.8 Å². The molecule has 0 aliphatic heterocycles. The molecule has 0 aliphatic rings. The Morgan fingerprint density at radius 3 is 2.55 bits per heavy atom. The molecule has 1 heterocycles. The fourth-order valence-corrected chi connectivity index (χ4v) is 2.93. The van der Waals surface area contributed by atoms with E-state index in [1.807, 2.05) is 19.1 Å². The molecule has 22 heavy (non-hydrogen) atoms. The van der Waals surface area contributed by atoms with E-state index in [4.69, 9.17) is 22.1 Å². The SMILES string of the molecule is CCc1cc(OC)c(Cl)c(/C(C)=C/c2cnc(N)nc2)c1C. The number of aromatic nitrogens is 2. The molecule has 0 atom stereocenters. The lowest BCUT2D eigenvalue weighted by molar-refractivity contribution is 0.414. The van der Waals surface area contributed by atoms with Gasteiger partial charge in [0.15, 0.2) is 0 Å². The van der Waals surface area contributed by atoms with Crippen LogP contribution in [0.3, 0.4) is 0 Å². The molecule has 2 rings (SSSR count). The Labute approximate surface area is 136 Å². The smallest absolute Gasteiger partial charge is 0.219 e. The number of nitrogens with two attached hydrogens (primary N) is 1. The number of hydrogen-bond donors (Lipinski definition) is 1. The number of rotatable bonds is 4. The molecule has 0 spiro atoms. The maximum Gasteiger partial charge on any atom is 0.219 e. The number of allylic oxidation sites excluding steroid dienone is 1. The predicted molar refractivity (Wildman–Crippen MR) is 92.1 cm³/mol. The van der Waals surface area contributed by atoms with Gasteiger partial charge in [-0.25, -0.2) is 9.97 Å². The zero-order valence-electron chi connectivity index (χ0n) is 13.3. The molecule has 0 amide bonds.